The molecule has 0 aliphatic rings. The summed E-state index contributed by atoms with van der Waals surface area (Å²) in [6.07, 6.45) is 0. The molecule has 3 aromatic rings. The van der Waals surface area contributed by atoms with Crippen LogP contribution in [-0.4, -0.2) is 16.1 Å². The van der Waals surface area contributed by atoms with Crippen molar-refractivity contribution in [3.63, 3.8) is 0 Å². The molecular formula is C14H9BrFN3O. The highest BCUT2D eigenvalue weighted by Gasteiger charge is 2.15. The van der Waals surface area contributed by atoms with E-state index in [9.17, 15) is 9.18 Å². The molecular weight excluding hydrogens is 325 g/mol. The average molecular weight is 334 g/mol. The van der Waals surface area contributed by atoms with Crippen molar-refractivity contribution < 1.29 is 9.18 Å². The molecule has 20 heavy (non-hydrogen) atoms. The van der Waals surface area contributed by atoms with E-state index in [0.29, 0.717) is 5.82 Å². The van der Waals surface area contributed by atoms with Crippen molar-refractivity contribution in [1.29, 1.82) is 0 Å². The molecule has 0 radical (unpaired) electrons. The van der Waals surface area contributed by atoms with Gasteiger partial charge in [-0.25, -0.2) is 4.39 Å². The van der Waals surface area contributed by atoms with Gasteiger partial charge in [0.05, 0.1) is 15.6 Å². The van der Waals surface area contributed by atoms with Gasteiger partial charge in [0.2, 0.25) is 0 Å². The summed E-state index contributed by atoms with van der Waals surface area (Å²) in [5.74, 6) is -0.486. The fraction of sp³-hybridized carbons (Fsp3) is 0. The minimum atomic E-state index is -0.482. The number of H-pyrrole nitrogens is 1. The first-order valence-electron chi connectivity index (χ1n) is 5.85. The molecule has 0 bridgehead atoms. The summed E-state index contributed by atoms with van der Waals surface area (Å²) in [6.45, 7) is 0. The van der Waals surface area contributed by atoms with Crippen LogP contribution in [0.25, 0.3) is 10.9 Å². The first kappa shape index (κ1) is 12.8. The Labute approximate surface area is 122 Å². The molecule has 0 saturated heterocycles. The number of hydrogen-bond acceptors (Lipinski definition) is 2. The fourth-order valence-electron chi connectivity index (χ4n) is 1.91. The zero-order valence-electron chi connectivity index (χ0n) is 10.2. The normalized spacial score (nSPS) is 10.7. The second-order valence-electron chi connectivity index (χ2n) is 4.17. The van der Waals surface area contributed by atoms with E-state index in [1.54, 1.807) is 0 Å². The van der Waals surface area contributed by atoms with Gasteiger partial charge in [-0.15, -0.1) is 0 Å². The molecule has 4 nitrogen and oxygen atoms in total. The molecule has 100 valence electrons. The maximum absolute atomic E-state index is 13.4. The largest absolute Gasteiger partial charge is 0.305 e. The molecule has 0 saturated carbocycles. The van der Waals surface area contributed by atoms with Crippen LogP contribution in [0.4, 0.5) is 10.2 Å². The number of nitrogens with zero attached hydrogens (tertiary/aromatic N) is 1. The molecule has 0 fully saturated rings. The van der Waals surface area contributed by atoms with Crippen LogP contribution in [-0.2, 0) is 0 Å². The molecule has 3 rings (SSSR count). The van der Waals surface area contributed by atoms with Crippen molar-refractivity contribution in [3.8, 4) is 0 Å². The van der Waals surface area contributed by atoms with Crippen molar-refractivity contribution in [2.45, 2.75) is 0 Å². The van der Waals surface area contributed by atoms with Gasteiger partial charge in [-0.3, -0.25) is 9.89 Å². The predicted octanol–water partition coefficient (Wildman–Crippen LogP) is 3.72. The maximum Gasteiger partial charge on any atom is 0.258 e. The number of hydrogen-bond donors (Lipinski definition) is 2. The highest BCUT2D eigenvalue weighted by atomic mass is 79.9. The van der Waals surface area contributed by atoms with Crippen LogP contribution in [0.5, 0.6) is 0 Å². The Morgan fingerprint density at radius 3 is 2.85 bits per heavy atom. The quantitative estimate of drug-likeness (QED) is 0.750. The monoisotopic (exact) mass is 333 g/mol. The number of rotatable bonds is 2. The lowest BCUT2D eigenvalue weighted by Crippen LogP contribution is -2.13. The second kappa shape index (κ2) is 5.05. The SMILES string of the molecule is O=C(Nc1n[nH]c2ccccc12)c1cccc(F)c1Br. The molecule has 0 aliphatic carbocycles. The summed E-state index contributed by atoms with van der Waals surface area (Å²) in [4.78, 5) is 12.2. The van der Waals surface area contributed by atoms with Crippen LogP contribution >= 0.6 is 15.9 Å². The standard InChI is InChI=1S/C14H9BrFN3O/c15-12-9(5-3-6-10(12)16)14(20)17-13-8-4-1-2-7-11(8)18-19-13/h1-7H,(H2,17,18,19,20). The smallest absolute Gasteiger partial charge is 0.258 e. The molecule has 0 unspecified atom stereocenters. The Morgan fingerprint density at radius 1 is 1.20 bits per heavy atom. The molecule has 0 spiro atoms. The molecule has 0 atom stereocenters. The highest BCUT2D eigenvalue weighted by Crippen LogP contribution is 2.23. The summed E-state index contributed by atoms with van der Waals surface area (Å²) in [6, 6.07) is 11.7. The van der Waals surface area contributed by atoms with Gasteiger partial charge in [0.1, 0.15) is 5.82 Å². The minimum absolute atomic E-state index is 0.136. The number of benzene rings is 2. The second-order valence-corrected chi connectivity index (χ2v) is 4.97. The molecule has 1 aromatic heterocycles. The molecule has 2 aromatic carbocycles. The summed E-state index contributed by atoms with van der Waals surface area (Å²) in [5, 5.41) is 10.3. The first-order valence-corrected chi connectivity index (χ1v) is 6.64. The predicted molar refractivity (Wildman–Crippen MR) is 78.1 cm³/mol. The number of carbonyl (C=O) groups is 1. The third kappa shape index (κ3) is 2.18. The van der Waals surface area contributed by atoms with E-state index in [1.165, 1.54) is 18.2 Å². The first-order chi connectivity index (χ1) is 9.66. The zero-order valence-corrected chi connectivity index (χ0v) is 11.7. The van der Waals surface area contributed by atoms with Gasteiger partial charge in [-0.05, 0) is 40.2 Å². The van der Waals surface area contributed by atoms with Crippen LogP contribution in [0.2, 0.25) is 0 Å². The van der Waals surface area contributed by atoms with E-state index in [4.69, 9.17) is 0 Å². The topological polar surface area (TPSA) is 57.8 Å². The Morgan fingerprint density at radius 2 is 2.00 bits per heavy atom. The molecule has 6 heteroatoms. The van der Waals surface area contributed by atoms with Crippen molar-refractivity contribution in [2.75, 3.05) is 5.32 Å². The van der Waals surface area contributed by atoms with E-state index in [1.807, 2.05) is 24.3 Å². The Kier molecular flexibility index (Phi) is 3.23. The molecule has 1 heterocycles. The number of aromatic amines is 1. The number of halogens is 2. The number of anilines is 1. The lowest BCUT2D eigenvalue weighted by molar-refractivity contribution is 0.102. The Hall–Kier alpha value is -2.21. The third-order valence-electron chi connectivity index (χ3n) is 2.90. The maximum atomic E-state index is 13.4. The summed E-state index contributed by atoms with van der Waals surface area (Å²) >= 11 is 3.07. The van der Waals surface area contributed by atoms with Crippen LogP contribution in [0.3, 0.4) is 0 Å². The number of nitrogens with one attached hydrogen (secondary N) is 2. The van der Waals surface area contributed by atoms with E-state index < -0.39 is 11.7 Å². The molecule has 0 aliphatic heterocycles. The lowest BCUT2D eigenvalue weighted by atomic mass is 10.2. The van der Waals surface area contributed by atoms with E-state index in [0.717, 1.165) is 10.9 Å². The van der Waals surface area contributed by atoms with Crippen LogP contribution < -0.4 is 5.32 Å². The van der Waals surface area contributed by atoms with Crippen LogP contribution in [0.1, 0.15) is 10.4 Å². The number of fused-ring (bicyclic) bond motifs is 1. The van der Waals surface area contributed by atoms with Crippen molar-refractivity contribution in [1.82, 2.24) is 10.2 Å². The van der Waals surface area contributed by atoms with Gasteiger partial charge in [0.25, 0.3) is 5.91 Å². The van der Waals surface area contributed by atoms with Gasteiger partial charge in [-0.1, -0.05) is 18.2 Å². The Balaban J connectivity index is 1.95. The van der Waals surface area contributed by atoms with Gasteiger partial charge in [-0.2, -0.15) is 5.10 Å². The van der Waals surface area contributed by atoms with Crippen LogP contribution in [0, 0.1) is 5.82 Å². The van der Waals surface area contributed by atoms with Gasteiger partial charge in [0, 0.05) is 5.39 Å². The van der Waals surface area contributed by atoms with Crippen molar-refractivity contribution in [2.24, 2.45) is 0 Å². The van der Waals surface area contributed by atoms with Gasteiger partial charge in [0.15, 0.2) is 5.82 Å². The molecule has 1 amide bonds. The van der Waals surface area contributed by atoms with E-state index >= 15 is 0 Å². The number of carbonyl (C=O) groups excluding carboxylic acids is 1. The van der Waals surface area contributed by atoms with Crippen molar-refractivity contribution >= 4 is 38.6 Å². The summed E-state index contributed by atoms with van der Waals surface area (Å²) < 4.78 is 13.6. The minimum Gasteiger partial charge on any atom is -0.305 e. The highest BCUT2D eigenvalue weighted by molar-refractivity contribution is 9.10. The lowest BCUT2D eigenvalue weighted by Gasteiger charge is -2.05. The number of aromatic nitrogens is 2. The van der Waals surface area contributed by atoms with Gasteiger partial charge < -0.3 is 5.32 Å². The fourth-order valence-corrected chi connectivity index (χ4v) is 2.36. The van der Waals surface area contributed by atoms with Crippen LogP contribution in [0.15, 0.2) is 46.9 Å². The third-order valence-corrected chi connectivity index (χ3v) is 3.70. The Bertz CT molecular complexity index is 800. The molecule has 2 N–H and O–H groups in total. The van der Waals surface area contributed by atoms with Crippen molar-refractivity contribution in [3.05, 3.63) is 58.3 Å². The summed E-state index contributed by atoms with van der Waals surface area (Å²) in [7, 11) is 0. The zero-order chi connectivity index (χ0) is 14.1. The van der Waals surface area contributed by atoms with E-state index in [2.05, 4.69) is 31.4 Å². The number of para-hydroxylation sites is 1. The van der Waals surface area contributed by atoms with E-state index in [-0.39, 0.29) is 10.0 Å². The average Bonchev–Trinajstić information content (AvgIpc) is 2.85. The van der Waals surface area contributed by atoms with Gasteiger partial charge >= 0.3 is 0 Å². The number of amides is 1. The summed E-state index contributed by atoms with van der Waals surface area (Å²) in [5.41, 5.74) is 1.04.